The molecule has 23 heavy (non-hydrogen) atoms. The minimum atomic E-state index is -2.97. The average molecular weight is 455 g/mol. The molecule has 0 saturated carbocycles. The van der Waals surface area contributed by atoms with E-state index in [0.717, 1.165) is 11.3 Å². The fraction of sp³-hybridized carbons (Fsp3) is 0.533. The van der Waals surface area contributed by atoms with Crippen molar-refractivity contribution < 1.29 is 13.2 Å². The average Bonchev–Trinajstić information content (AvgIpc) is 2.52. The van der Waals surface area contributed by atoms with Gasteiger partial charge in [0.25, 0.3) is 0 Å². The first-order valence-electron chi connectivity index (χ1n) is 7.17. The second-order valence-electron chi connectivity index (χ2n) is 4.91. The SMILES string of the molecule is CCS(=O)(=O)CCNC(=NC)N(C)Cc1ccc(OC)cc1.I. The van der Waals surface area contributed by atoms with E-state index in [2.05, 4.69) is 10.3 Å². The van der Waals surface area contributed by atoms with Crippen LogP contribution < -0.4 is 10.1 Å². The summed E-state index contributed by atoms with van der Waals surface area (Å²) in [5.74, 6) is 1.76. The normalized spacial score (nSPS) is 11.6. The largest absolute Gasteiger partial charge is 0.497 e. The molecule has 0 radical (unpaired) electrons. The van der Waals surface area contributed by atoms with E-state index >= 15 is 0 Å². The lowest BCUT2D eigenvalue weighted by molar-refractivity contribution is 0.414. The van der Waals surface area contributed by atoms with Gasteiger partial charge in [0.15, 0.2) is 15.8 Å². The number of aliphatic imine (C=N–C) groups is 1. The van der Waals surface area contributed by atoms with Crippen molar-refractivity contribution in [1.29, 1.82) is 0 Å². The zero-order valence-electron chi connectivity index (χ0n) is 14.1. The Hall–Kier alpha value is -1.03. The molecule has 0 aromatic heterocycles. The molecule has 132 valence electrons. The van der Waals surface area contributed by atoms with Crippen LogP contribution >= 0.6 is 24.0 Å². The molecular formula is C15H26IN3O3S. The molecule has 6 nitrogen and oxygen atoms in total. The first-order valence-corrected chi connectivity index (χ1v) is 8.99. The highest BCUT2D eigenvalue weighted by Crippen LogP contribution is 2.12. The number of methoxy groups -OCH3 is 1. The zero-order valence-corrected chi connectivity index (χ0v) is 17.2. The van der Waals surface area contributed by atoms with Gasteiger partial charge in [-0.2, -0.15) is 0 Å². The first-order chi connectivity index (χ1) is 10.4. The number of benzene rings is 1. The van der Waals surface area contributed by atoms with Gasteiger partial charge in [-0.15, -0.1) is 24.0 Å². The van der Waals surface area contributed by atoms with E-state index in [0.29, 0.717) is 19.0 Å². The number of ether oxygens (including phenoxy) is 1. The van der Waals surface area contributed by atoms with Gasteiger partial charge in [-0.1, -0.05) is 19.1 Å². The van der Waals surface area contributed by atoms with Crippen molar-refractivity contribution in [3.8, 4) is 5.75 Å². The van der Waals surface area contributed by atoms with E-state index in [4.69, 9.17) is 4.74 Å². The van der Waals surface area contributed by atoms with Gasteiger partial charge in [0.1, 0.15) is 5.75 Å². The van der Waals surface area contributed by atoms with Gasteiger partial charge in [0.2, 0.25) is 0 Å². The van der Waals surface area contributed by atoms with Crippen LogP contribution in [0, 0.1) is 0 Å². The number of nitrogens with one attached hydrogen (secondary N) is 1. The summed E-state index contributed by atoms with van der Waals surface area (Å²) in [6, 6.07) is 7.80. The highest BCUT2D eigenvalue weighted by Gasteiger charge is 2.10. The van der Waals surface area contributed by atoms with E-state index < -0.39 is 9.84 Å². The quantitative estimate of drug-likeness (QED) is 0.386. The summed E-state index contributed by atoms with van der Waals surface area (Å²) in [5, 5.41) is 3.07. The third-order valence-electron chi connectivity index (χ3n) is 3.29. The molecule has 0 heterocycles. The molecule has 0 spiro atoms. The minimum Gasteiger partial charge on any atom is -0.497 e. The topological polar surface area (TPSA) is 71.0 Å². The molecule has 0 aliphatic rings. The maximum absolute atomic E-state index is 11.5. The molecule has 0 unspecified atom stereocenters. The third-order valence-corrected chi connectivity index (χ3v) is 4.99. The Morgan fingerprint density at radius 1 is 1.30 bits per heavy atom. The molecular weight excluding hydrogens is 429 g/mol. The van der Waals surface area contributed by atoms with Gasteiger partial charge >= 0.3 is 0 Å². The molecule has 0 atom stereocenters. The molecule has 1 aromatic carbocycles. The number of rotatable bonds is 7. The zero-order chi connectivity index (χ0) is 16.6. The van der Waals surface area contributed by atoms with E-state index in [1.165, 1.54) is 0 Å². The smallest absolute Gasteiger partial charge is 0.193 e. The summed E-state index contributed by atoms with van der Waals surface area (Å²) in [6.07, 6.45) is 0. The number of hydrogen-bond acceptors (Lipinski definition) is 4. The second kappa shape index (κ2) is 10.7. The Bertz CT molecular complexity index is 588. The fourth-order valence-electron chi connectivity index (χ4n) is 1.93. The number of nitrogens with zero attached hydrogens (tertiary/aromatic N) is 2. The van der Waals surface area contributed by atoms with Crippen molar-refractivity contribution in [2.75, 3.05) is 39.3 Å². The van der Waals surface area contributed by atoms with Crippen molar-refractivity contribution in [2.45, 2.75) is 13.5 Å². The van der Waals surface area contributed by atoms with Crippen molar-refractivity contribution in [2.24, 2.45) is 4.99 Å². The Labute approximate surface area is 156 Å². The standard InChI is InChI=1S/C15H25N3O3S.HI/c1-5-22(19,20)11-10-17-15(16-2)18(3)12-13-6-8-14(21-4)9-7-13;/h6-9H,5,10-12H2,1-4H3,(H,16,17);1H. The molecule has 1 N–H and O–H groups in total. The van der Waals surface area contributed by atoms with Crippen LogP contribution in [0.15, 0.2) is 29.3 Å². The molecule has 1 aromatic rings. The lowest BCUT2D eigenvalue weighted by Crippen LogP contribution is -2.40. The highest BCUT2D eigenvalue weighted by atomic mass is 127. The van der Waals surface area contributed by atoms with Crippen LogP contribution in [0.2, 0.25) is 0 Å². The van der Waals surface area contributed by atoms with Crippen molar-refractivity contribution in [1.82, 2.24) is 10.2 Å². The van der Waals surface area contributed by atoms with Gasteiger partial charge in [-0.25, -0.2) is 8.42 Å². The van der Waals surface area contributed by atoms with Gasteiger partial charge < -0.3 is 15.0 Å². The molecule has 0 amide bonds. The Kier molecular flexibility index (Phi) is 10.2. The van der Waals surface area contributed by atoms with Crippen LogP contribution in [0.4, 0.5) is 0 Å². The highest BCUT2D eigenvalue weighted by molar-refractivity contribution is 14.0. The summed E-state index contributed by atoms with van der Waals surface area (Å²) in [5.41, 5.74) is 1.12. The van der Waals surface area contributed by atoms with Crippen molar-refractivity contribution in [3.05, 3.63) is 29.8 Å². The lowest BCUT2D eigenvalue weighted by atomic mass is 10.2. The van der Waals surface area contributed by atoms with Crippen molar-refractivity contribution in [3.63, 3.8) is 0 Å². The van der Waals surface area contributed by atoms with Gasteiger partial charge in [0, 0.05) is 32.9 Å². The predicted molar refractivity (Wildman–Crippen MR) is 106 cm³/mol. The number of hydrogen-bond donors (Lipinski definition) is 1. The summed E-state index contributed by atoms with van der Waals surface area (Å²) in [7, 11) is 2.26. The van der Waals surface area contributed by atoms with Crippen LogP contribution in [0.25, 0.3) is 0 Å². The van der Waals surface area contributed by atoms with E-state index in [-0.39, 0.29) is 35.5 Å². The van der Waals surface area contributed by atoms with Crippen LogP contribution in [-0.4, -0.2) is 58.5 Å². The predicted octanol–water partition coefficient (Wildman–Crippen LogP) is 1.76. The Morgan fingerprint density at radius 2 is 1.91 bits per heavy atom. The van der Waals surface area contributed by atoms with E-state index in [1.54, 1.807) is 21.1 Å². The van der Waals surface area contributed by atoms with E-state index in [9.17, 15) is 8.42 Å². The van der Waals surface area contributed by atoms with Crippen LogP contribution in [0.1, 0.15) is 12.5 Å². The maximum atomic E-state index is 11.5. The fourth-order valence-corrected chi connectivity index (χ4v) is 2.63. The van der Waals surface area contributed by atoms with Gasteiger partial charge in [0.05, 0.1) is 12.9 Å². The van der Waals surface area contributed by atoms with Crippen LogP contribution in [0.3, 0.4) is 0 Å². The monoisotopic (exact) mass is 455 g/mol. The van der Waals surface area contributed by atoms with Gasteiger partial charge in [-0.3, -0.25) is 4.99 Å². The third kappa shape index (κ3) is 7.87. The van der Waals surface area contributed by atoms with Gasteiger partial charge in [-0.05, 0) is 17.7 Å². The molecule has 0 fully saturated rings. The van der Waals surface area contributed by atoms with Crippen LogP contribution in [0.5, 0.6) is 5.75 Å². The summed E-state index contributed by atoms with van der Waals surface area (Å²) in [4.78, 5) is 6.12. The second-order valence-corrected chi connectivity index (χ2v) is 7.39. The van der Waals surface area contributed by atoms with Crippen LogP contribution in [-0.2, 0) is 16.4 Å². The molecule has 8 heteroatoms. The molecule has 1 rings (SSSR count). The Balaban J connectivity index is 0.00000484. The summed E-state index contributed by atoms with van der Waals surface area (Å²) < 4.78 is 28.1. The number of guanidine groups is 1. The Morgan fingerprint density at radius 3 is 2.39 bits per heavy atom. The minimum absolute atomic E-state index is 0. The lowest BCUT2D eigenvalue weighted by Gasteiger charge is -2.22. The van der Waals surface area contributed by atoms with E-state index in [1.807, 2.05) is 36.2 Å². The molecule has 0 saturated heterocycles. The molecule has 0 aliphatic carbocycles. The molecule has 0 aliphatic heterocycles. The first kappa shape index (κ1) is 22.0. The maximum Gasteiger partial charge on any atom is 0.193 e. The number of halogens is 1. The summed E-state index contributed by atoms with van der Waals surface area (Å²) in [6.45, 7) is 2.68. The van der Waals surface area contributed by atoms with Crippen molar-refractivity contribution >= 4 is 39.8 Å². The molecule has 0 bridgehead atoms. The summed E-state index contributed by atoms with van der Waals surface area (Å²) >= 11 is 0. The number of sulfone groups is 1.